The second kappa shape index (κ2) is 10.4. The maximum Gasteiger partial charge on any atom is 0.410 e. The van der Waals surface area contributed by atoms with E-state index in [1.54, 1.807) is 6.20 Å². The predicted molar refractivity (Wildman–Crippen MR) is 144 cm³/mol. The molecule has 0 unspecified atom stereocenters. The van der Waals surface area contributed by atoms with E-state index in [2.05, 4.69) is 50.5 Å². The average Bonchev–Trinajstić information content (AvgIpc) is 2.90. The molecular weight excluding hydrogens is 504 g/mol. The fourth-order valence-electron chi connectivity index (χ4n) is 4.51. The summed E-state index contributed by atoms with van der Waals surface area (Å²) < 4.78 is 6.47. The number of halogens is 1. The number of piperidine rings is 1. The molecule has 5 rings (SSSR count). The van der Waals surface area contributed by atoms with Crippen LogP contribution >= 0.6 is 15.9 Å². The number of anilines is 3. The average molecular weight is 531 g/mol. The molecule has 0 spiro atoms. The minimum atomic E-state index is -0.236. The first-order chi connectivity index (χ1) is 17.1. The molecule has 1 fully saturated rings. The maximum absolute atomic E-state index is 12.5. The molecule has 0 saturated carbocycles. The highest BCUT2D eigenvalue weighted by Gasteiger charge is 2.24. The Hall–Kier alpha value is -3.58. The molecule has 7 heteroatoms. The zero-order chi connectivity index (χ0) is 24.2. The molecular formula is C28H27BrN4O2. The highest BCUT2D eigenvalue weighted by molar-refractivity contribution is 9.10. The number of rotatable bonds is 5. The number of fused-ring (bicyclic) bond motifs is 1. The summed E-state index contributed by atoms with van der Waals surface area (Å²) in [5, 5.41) is 4.43. The number of hydrogen-bond donors (Lipinski definition) is 2. The van der Waals surface area contributed by atoms with Crippen LogP contribution in [0.2, 0.25) is 0 Å². The monoisotopic (exact) mass is 530 g/mol. The molecule has 1 saturated heterocycles. The number of carbonyl (C=O) groups is 1. The smallest absolute Gasteiger partial charge is 0.410 e. The Morgan fingerprint density at radius 1 is 1.06 bits per heavy atom. The minimum absolute atomic E-state index is 0.236. The third-order valence-corrected chi connectivity index (χ3v) is 6.96. The van der Waals surface area contributed by atoms with Gasteiger partial charge in [0.05, 0.1) is 23.1 Å². The maximum atomic E-state index is 12.5. The van der Waals surface area contributed by atoms with E-state index in [1.807, 2.05) is 53.4 Å². The number of amides is 1. The van der Waals surface area contributed by atoms with E-state index in [9.17, 15) is 4.79 Å². The van der Waals surface area contributed by atoms with Crippen LogP contribution in [-0.2, 0) is 11.3 Å². The van der Waals surface area contributed by atoms with Gasteiger partial charge in [0, 0.05) is 28.6 Å². The van der Waals surface area contributed by atoms with Crippen molar-refractivity contribution in [3.63, 3.8) is 0 Å². The molecule has 2 heterocycles. The Kier molecular flexibility index (Phi) is 6.86. The van der Waals surface area contributed by atoms with Crippen molar-refractivity contribution < 1.29 is 9.53 Å². The molecule has 3 N–H and O–H groups in total. The SMILES string of the molecule is Nc1cnc2ccc(Br)cc2c1Nc1ccc(C2CCN(C(=O)OCc3ccccc3)CC2)cc1. The van der Waals surface area contributed by atoms with Crippen molar-refractivity contribution in [1.82, 2.24) is 9.88 Å². The van der Waals surface area contributed by atoms with Gasteiger partial charge in [0.25, 0.3) is 0 Å². The molecule has 0 atom stereocenters. The number of nitrogen functional groups attached to an aromatic ring is 1. The van der Waals surface area contributed by atoms with Crippen LogP contribution in [0.1, 0.15) is 29.9 Å². The Balaban J connectivity index is 1.19. The number of nitrogens with two attached hydrogens (primary N) is 1. The molecule has 0 bridgehead atoms. The Morgan fingerprint density at radius 2 is 1.80 bits per heavy atom. The summed E-state index contributed by atoms with van der Waals surface area (Å²) in [6.07, 6.45) is 3.29. The number of hydrogen-bond acceptors (Lipinski definition) is 5. The molecule has 1 aromatic heterocycles. The third-order valence-electron chi connectivity index (χ3n) is 6.47. The van der Waals surface area contributed by atoms with Crippen molar-refractivity contribution in [3.05, 3.63) is 94.6 Å². The lowest BCUT2D eigenvalue weighted by molar-refractivity contribution is 0.0870. The van der Waals surface area contributed by atoms with Crippen molar-refractivity contribution in [1.29, 1.82) is 0 Å². The van der Waals surface area contributed by atoms with Gasteiger partial charge in [0.15, 0.2) is 0 Å². The lowest BCUT2D eigenvalue weighted by atomic mass is 9.89. The second-order valence-corrected chi connectivity index (χ2v) is 9.71. The van der Waals surface area contributed by atoms with Crippen LogP contribution in [0, 0.1) is 0 Å². The molecule has 0 radical (unpaired) electrons. The second-order valence-electron chi connectivity index (χ2n) is 8.80. The molecule has 6 nitrogen and oxygen atoms in total. The quantitative estimate of drug-likeness (QED) is 0.295. The Labute approximate surface area is 213 Å². The zero-order valence-electron chi connectivity index (χ0n) is 19.3. The van der Waals surface area contributed by atoms with Gasteiger partial charge in [-0.2, -0.15) is 0 Å². The number of carbonyl (C=O) groups excluding carboxylic acids is 1. The summed E-state index contributed by atoms with van der Waals surface area (Å²) in [6.45, 7) is 1.71. The number of nitrogens with zero attached hydrogens (tertiary/aromatic N) is 2. The lowest BCUT2D eigenvalue weighted by Crippen LogP contribution is -2.38. The molecule has 178 valence electrons. The van der Waals surface area contributed by atoms with Gasteiger partial charge in [-0.05, 0) is 60.2 Å². The predicted octanol–water partition coefficient (Wildman–Crippen LogP) is 6.84. The van der Waals surface area contributed by atoms with Crippen LogP contribution in [0.25, 0.3) is 10.9 Å². The van der Waals surface area contributed by atoms with Crippen molar-refractivity contribution >= 4 is 50.0 Å². The fourth-order valence-corrected chi connectivity index (χ4v) is 4.87. The molecule has 35 heavy (non-hydrogen) atoms. The van der Waals surface area contributed by atoms with Crippen molar-refractivity contribution in [2.45, 2.75) is 25.4 Å². The largest absolute Gasteiger partial charge is 0.445 e. The highest BCUT2D eigenvalue weighted by atomic mass is 79.9. The highest BCUT2D eigenvalue weighted by Crippen LogP contribution is 2.34. The summed E-state index contributed by atoms with van der Waals surface area (Å²) in [5.41, 5.74) is 11.8. The molecule has 3 aromatic carbocycles. The first-order valence-corrected chi connectivity index (χ1v) is 12.5. The van der Waals surface area contributed by atoms with Gasteiger partial charge in [0.2, 0.25) is 0 Å². The van der Waals surface area contributed by atoms with Gasteiger partial charge in [-0.3, -0.25) is 4.98 Å². The molecule has 1 aliphatic rings. The van der Waals surface area contributed by atoms with Crippen LogP contribution in [0.4, 0.5) is 21.9 Å². The number of nitrogens with one attached hydrogen (secondary N) is 1. The molecule has 0 aliphatic carbocycles. The van der Waals surface area contributed by atoms with Gasteiger partial charge in [-0.1, -0.05) is 58.4 Å². The third kappa shape index (κ3) is 5.41. The van der Waals surface area contributed by atoms with Gasteiger partial charge in [-0.25, -0.2) is 4.79 Å². The van der Waals surface area contributed by atoms with E-state index in [0.29, 0.717) is 31.3 Å². The van der Waals surface area contributed by atoms with Crippen LogP contribution < -0.4 is 11.1 Å². The van der Waals surface area contributed by atoms with E-state index in [4.69, 9.17) is 10.5 Å². The minimum Gasteiger partial charge on any atom is -0.445 e. The van der Waals surface area contributed by atoms with E-state index in [-0.39, 0.29) is 6.09 Å². The van der Waals surface area contributed by atoms with Crippen molar-refractivity contribution in [2.24, 2.45) is 0 Å². The van der Waals surface area contributed by atoms with Crippen LogP contribution in [0.3, 0.4) is 0 Å². The van der Waals surface area contributed by atoms with Crippen LogP contribution in [0.5, 0.6) is 0 Å². The summed E-state index contributed by atoms with van der Waals surface area (Å²) in [6, 6.07) is 24.2. The summed E-state index contributed by atoms with van der Waals surface area (Å²) in [7, 11) is 0. The zero-order valence-corrected chi connectivity index (χ0v) is 20.9. The number of aromatic nitrogens is 1. The standard InChI is InChI=1S/C28H27BrN4O2/c29-22-8-11-26-24(16-22)27(25(30)17-31-26)32-23-9-6-20(7-10-23)21-12-14-33(15-13-21)28(34)35-18-19-4-2-1-3-5-19/h1-11,16-17,21H,12-15,18,30H2,(H,31,32). The van der Waals surface area contributed by atoms with Crippen LogP contribution in [-0.4, -0.2) is 29.1 Å². The van der Waals surface area contributed by atoms with Crippen LogP contribution in [0.15, 0.2) is 83.5 Å². The molecule has 4 aromatic rings. The Morgan fingerprint density at radius 3 is 2.54 bits per heavy atom. The molecule has 1 aliphatic heterocycles. The van der Waals surface area contributed by atoms with Gasteiger partial charge < -0.3 is 20.7 Å². The topological polar surface area (TPSA) is 80.5 Å². The first kappa shape index (κ1) is 23.2. The van der Waals surface area contributed by atoms with Gasteiger partial charge in [0.1, 0.15) is 6.61 Å². The van der Waals surface area contributed by atoms with Crippen molar-refractivity contribution in [2.75, 3.05) is 24.1 Å². The first-order valence-electron chi connectivity index (χ1n) is 11.7. The summed E-state index contributed by atoms with van der Waals surface area (Å²) in [5.74, 6) is 0.421. The number of likely N-dealkylation sites (tertiary alicyclic amines) is 1. The molecule has 1 amide bonds. The number of ether oxygens (including phenoxy) is 1. The normalized spacial score (nSPS) is 14.1. The number of benzene rings is 3. The Bertz CT molecular complexity index is 1320. The number of pyridine rings is 1. The fraction of sp³-hybridized carbons (Fsp3) is 0.214. The lowest BCUT2D eigenvalue weighted by Gasteiger charge is -2.31. The van der Waals surface area contributed by atoms with E-state index >= 15 is 0 Å². The summed E-state index contributed by atoms with van der Waals surface area (Å²) >= 11 is 3.53. The van der Waals surface area contributed by atoms with E-state index in [0.717, 1.165) is 45.2 Å². The van der Waals surface area contributed by atoms with E-state index in [1.165, 1.54) is 5.56 Å². The summed E-state index contributed by atoms with van der Waals surface area (Å²) in [4.78, 5) is 18.7. The van der Waals surface area contributed by atoms with Gasteiger partial charge >= 0.3 is 6.09 Å². The van der Waals surface area contributed by atoms with Crippen molar-refractivity contribution in [3.8, 4) is 0 Å². The van der Waals surface area contributed by atoms with Gasteiger partial charge in [-0.15, -0.1) is 0 Å². The van der Waals surface area contributed by atoms with E-state index < -0.39 is 0 Å².